The molecule has 1 fully saturated rings. The molecule has 0 aromatic heterocycles. The Hall–Kier alpha value is -0.390. The molecule has 0 radical (unpaired) electrons. The van der Waals surface area contributed by atoms with Gasteiger partial charge in [-0.25, -0.2) is 17.2 Å². The summed E-state index contributed by atoms with van der Waals surface area (Å²) in [5.41, 5.74) is -0.231. The van der Waals surface area contributed by atoms with E-state index in [0.717, 1.165) is 6.07 Å². The van der Waals surface area contributed by atoms with E-state index < -0.39 is 26.9 Å². The lowest BCUT2D eigenvalue weighted by atomic mass is 9.73. The molecule has 1 aliphatic rings. The maximum atomic E-state index is 13.3. The third kappa shape index (κ3) is 3.88. The average Bonchev–Trinajstić information content (AvgIpc) is 2.76. The lowest BCUT2D eigenvalue weighted by Crippen LogP contribution is -2.37. The van der Waals surface area contributed by atoms with E-state index in [2.05, 4.69) is 0 Å². The van der Waals surface area contributed by atoms with Gasteiger partial charge in [0.1, 0.15) is 11.6 Å². The molecule has 0 spiro atoms. The molecule has 7 heteroatoms. The van der Waals surface area contributed by atoms with Crippen LogP contribution in [0.4, 0.5) is 8.78 Å². The number of benzene rings is 1. The smallest absolute Gasteiger partial charge is 0.150 e. The molecule has 0 N–H and O–H groups in total. The van der Waals surface area contributed by atoms with Crippen LogP contribution in [0.5, 0.6) is 0 Å². The summed E-state index contributed by atoms with van der Waals surface area (Å²) in [6.07, 6.45) is 0.744. The van der Waals surface area contributed by atoms with Crippen molar-refractivity contribution in [3.05, 3.63) is 35.4 Å². The maximum absolute atomic E-state index is 13.3. The molecule has 0 aliphatic carbocycles. The Labute approximate surface area is 133 Å². The minimum Gasteiger partial charge on any atom is -0.229 e. The Morgan fingerprint density at radius 3 is 2.14 bits per heavy atom. The largest absolute Gasteiger partial charge is 0.229 e. The molecule has 2 nitrogen and oxygen atoms in total. The van der Waals surface area contributed by atoms with Gasteiger partial charge in [0.15, 0.2) is 9.84 Å². The van der Waals surface area contributed by atoms with Crippen LogP contribution in [0.2, 0.25) is 0 Å². The summed E-state index contributed by atoms with van der Waals surface area (Å²) in [5, 5.41) is 0. The summed E-state index contributed by atoms with van der Waals surface area (Å²) in [6, 6.07) is 3.27. The lowest BCUT2D eigenvalue weighted by molar-refractivity contribution is 0.244. The van der Waals surface area contributed by atoms with Crippen LogP contribution >= 0.6 is 23.2 Å². The van der Waals surface area contributed by atoms with Gasteiger partial charge >= 0.3 is 0 Å². The van der Waals surface area contributed by atoms with Crippen LogP contribution in [-0.2, 0) is 16.3 Å². The zero-order valence-electron chi connectivity index (χ0n) is 11.3. The number of hydrogen-bond donors (Lipinski definition) is 0. The predicted octanol–water partition coefficient (Wildman–Crippen LogP) is 3.41. The van der Waals surface area contributed by atoms with Gasteiger partial charge in [0, 0.05) is 23.2 Å². The van der Waals surface area contributed by atoms with E-state index in [4.69, 9.17) is 23.2 Å². The topological polar surface area (TPSA) is 34.1 Å². The van der Waals surface area contributed by atoms with E-state index in [9.17, 15) is 17.2 Å². The number of sulfone groups is 1. The summed E-state index contributed by atoms with van der Waals surface area (Å²) in [4.78, 5) is 0. The molecule has 0 saturated carbocycles. The third-order valence-electron chi connectivity index (χ3n) is 4.11. The first-order valence-corrected chi connectivity index (χ1v) is 9.47. The van der Waals surface area contributed by atoms with E-state index in [1.807, 2.05) is 0 Å². The molecule has 1 aromatic rings. The highest BCUT2D eigenvalue weighted by molar-refractivity contribution is 7.91. The molecular weight excluding hydrogens is 341 g/mol. The molecular formula is C14H16Cl2F2O2S. The van der Waals surface area contributed by atoms with Gasteiger partial charge in [-0.3, -0.25) is 0 Å². The van der Waals surface area contributed by atoms with Gasteiger partial charge in [0.05, 0.1) is 11.5 Å². The molecule has 0 bridgehead atoms. The van der Waals surface area contributed by atoms with Crippen LogP contribution < -0.4 is 0 Å². The van der Waals surface area contributed by atoms with Crippen molar-refractivity contribution in [3.8, 4) is 0 Å². The Morgan fingerprint density at radius 2 is 1.71 bits per heavy atom. The molecule has 1 aromatic carbocycles. The van der Waals surface area contributed by atoms with Crippen molar-refractivity contribution in [2.75, 3.05) is 23.3 Å². The zero-order chi connectivity index (χ0) is 15.7. The fourth-order valence-corrected chi connectivity index (χ4v) is 5.74. The van der Waals surface area contributed by atoms with E-state index in [1.54, 1.807) is 0 Å². The molecule has 118 valence electrons. The number of rotatable bonds is 5. The maximum Gasteiger partial charge on any atom is 0.150 e. The fraction of sp³-hybridized carbons (Fsp3) is 0.571. The standard InChI is InChI=1S/C14H16Cl2F2O2S/c15-8-14(9-16,11-1-2-21(19,20)7-11)6-10-3-12(17)5-13(18)4-10/h3-5,11H,1-2,6-9H2. The second-order valence-corrected chi connectivity index (χ2v) is 8.45. The van der Waals surface area contributed by atoms with Crippen molar-refractivity contribution >= 4 is 33.0 Å². The molecule has 1 heterocycles. The van der Waals surface area contributed by atoms with Crippen molar-refractivity contribution in [2.24, 2.45) is 11.3 Å². The van der Waals surface area contributed by atoms with Gasteiger partial charge in [-0.2, -0.15) is 0 Å². The SMILES string of the molecule is O=S1(=O)CCC(C(CCl)(CCl)Cc2cc(F)cc(F)c2)C1. The monoisotopic (exact) mass is 356 g/mol. The van der Waals surface area contributed by atoms with Crippen LogP contribution in [0.3, 0.4) is 0 Å². The fourth-order valence-electron chi connectivity index (χ4n) is 2.89. The summed E-state index contributed by atoms with van der Waals surface area (Å²) in [6.45, 7) is 0. The average molecular weight is 357 g/mol. The third-order valence-corrected chi connectivity index (χ3v) is 6.94. The molecule has 1 atom stereocenters. The highest BCUT2D eigenvalue weighted by atomic mass is 35.5. The highest BCUT2D eigenvalue weighted by Gasteiger charge is 2.43. The van der Waals surface area contributed by atoms with Crippen LogP contribution in [-0.4, -0.2) is 31.7 Å². The minimum atomic E-state index is -3.07. The van der Waals surface area contributed by atoms with E-state index in [1.165, 1.54) is 12.1 Å². The molecule has 21 heavy (non-hydrogen) atoms. The minimum absolute atomic E-state index is 0.0320. The quantitative estimate of drug-likeness (QED) is 0.757. The van der Waals surface area contributed by atoms with Gasteiger partial charge in [-0.1, -0.05) is 0 Å². The van der Waals surface area contributed by atoms with Gasteiger partial charge in [-0.05, 0) is 36.5 Å². The van der Waals surface area contributed by atoms with Crippen molar-refractivity contribution < 1.29 is 17.2 Å². The normalized spacial score (nSPS) is 21.6. The van der Waals surface area contributed by atoms with E-state index in [0.29, 0.717) is 12.0 Å². The van der Waals surface area contributed by atoms with Gasteiger partial charge in [-0.15, -0.1) is 23.2 Å². The Bertz CT molecular complexity index is 595. The number of halogens is 4. The first-order valence-electron chi connectivity index (χ1n) is 6.57. The van der Waals surface area contributed by atoms with Crippen molar-refractivity contribution in [3.63, 3.8) is 0 Å². The van der Waals surface area contributed by atoms with Crippen molar-refractivity contribution in [1.82, 2.24) is 0 Å². The summed E-state index contributed by atoms with van der Waals surface area (Å²) >= 11 is 12.1. The zero-order valence-corrected chi connectivity index (χ0v) is 13.6. The Kier molecular flexibility index (Phi) is 5.16. The molecule has 2 rings (SSSR count). The first kappa shape index (κ1) is 17.0. The van der Waals surface area contributed by atoms with Crippen LogP contribution in [0.1, 0.15) is 12.0 Å². The Morgan fingerprint density at radius 1 is 1.14 bits per heavy atom. The molecule has 1 unspecified atom stereocenters. The van der Waals surface area contributed by atoms with Crippen molar-refractivity contribution in [1.29, 1.82) is 0 Å². The molecule has 1 saturated heterocycles. The molecule has 0 amide bonds. The first-order chi connectivity index (χ1) is 9.80. The van der Waals surface area contributed by atoms with E-state index >= 15 is 0 Å². The molecule has 1 aliphatic heterocycles. The second kappa shape index (κ2) is 6.39. The summed E-state index contributed by atoms with van der Waals surface area (Å²) in [7, 11) is -3.07. The highest BCUT2D eigenvalue weighted by Crippen LogP contribution is 2.41. The van der Waals surface area contributed by atoms with Crippen LogP contribution in [0.25, 0.3) is 0 Å². The van der Waals surface area contributed by atoms with Gasteiger partial charge in [0.2, 0.25) is 0 Å². The second-order valence-electron chi connectivity index (χ2n) is 5.68. The van der Waals surface area contributed by atoms with Gasteiger partial charge < -0.3 is 0 Å². The predicted molar refractivity (Wildman–Crippen MR) is 80.7 cm³/mol. The Balaban J connectivity index is 2.30. The van der Waals surface area contributed by atoms with Gasteiger partial charge in [0.25, 0.3) is 0 Å². The van der Waals surface area contributed by atoms with Crippen LogP contribution in [0, 0.1) is 23.0 Å². The summed E-state index contributed by atoms with van der Waals surface area (Å²) in [5.74, 6) is -1.08. The van der Waals surface area contributed by atoms with Crippen molar-refractivity contribution in [2.45, 2.75) is 12.8 Å². The van der Waals surface area contributed by atoms with Crippen LogP contribution in [0.15, 0.2) is 18.2 Å². The summed E-state index contributed by atoms with van der Waals surface area (Å²) < 4.78 is 50.0. The number of hydrogen-bond acceptors (Lipinski definition) is 2. The van der Waals surface area contributed by atoms with E-state index in [-0.39, 0.29) is 35.6 Å². The lowest BCUT2D eigenvalue weighted by Gasteiger charge is -2.35. The number of alkyl halides is 2.